The number of hydrogen-bond acceptors (Lipinski definition) is 3. The summed E-state index contributed by atoms with van der Waals surface area (Å²) in [5.74, 6) is 0.746. The number of hydrogen-bond donors (Lipinski definition) is 1. The molecule has 1 aromatic rings. The number of H-pyrrole nitrogens is 1. The van der Waals surface area contributed by atoms with E-state index in [1.165, 1.54) is 38.4 Å². The molecule has 4 nitrogen and oxygen atoms in total. The summed E-state index contributed by atoms with van der Waals surface area (Å²) in [6.07, 6.45) is 7.72. The molecular weight excluding hydrogens is 270 g/mol. The van der Waals surface area contributed by atoms with E-state index in [1.807, 2.05) is 7.05 Å². The molecule has 1 N–H and O–H groups in total. The third-order valence-corrected chi connectivity index (χ3v) is 3.95. The maximum Gasteiger partial charge on any atom is 0.267 e. The molecule has 1 aliphatic rings. The number of aromatic amines is 1. The molecule has 0 bridgehead atoms. The quantitative estimate of drug-likeness (QED) is 0.907. The van der Waals surface area contributed by atoms with E-state index in [9.17, 15) is 4.79 Å². The van der Waals surface area contributed by atoms with Crippen LogP contribution in [-0.2, 0) is 0 Å². The highest BCUT2D eigenvalue weighted by Gasteiger charge is 2.21. The molecule has 1 aromatic heterocycles. The molecule has 2 rings (SSSR count). The minimum absolute atomic E-state index is 0.118. The Labute approximate surface area is 103 Å². The van der Waals surface area contributed by atoms with E-state index >= 15 is 0 Å². The molecule has 0 saturated heterocycles. The third-order valence-electron chi connectivity index (χ3n) is 3.23. The summed E-state index contributed by atoms with van der Waals surface area (Å²) < 4.78 is 0.531. The van der Waals surface area contributed by atoms with E-state index in [-0.39, 0.29) is 5.56 Å². The minimum atomic E-state index is -0.118. The number of aromatic nitrogens is 2. The molecule has 88 valence electrons. The number of anilines is 1. The maximum atomic E-state index is 11.5. The van der Waals surface area contributed by atoms with Crippen LogP contribution >= 0.6 is 15.9 Å². The van der Waals surface area contributed by atoms with Crippen molar-refractivity contribution in [2.75, 3.05) is 11.9 Å². The average Bonchev–Trinajstić information content (AvgIpc) is 2.33. The minimum Gasteiger partial charge on any atom is -0.356 e. The number of nitrogens with zero attached hydrogens (tertiary/aromatic N) is 2. The molecule has 0 aromatic carbocycles. The molecule has 0 radical (unpaired) electrons. The van der Waals surface area contributed by atoms with Crippen LogP contribution in [0.25, 0.3) is 0 Å². The van der Waals surface area contributed by atoms with Crippen molar-refractivity contribution in [3.63, 3.8) is 0 Å². The van der Waals surface area contributed by atoms with Gasteiger partial charge in [-0.05, 0) is 28.8 Å². The molecule has 16 heavy (non-hydrogen) atoms. The Bertz CT molecular complexity index is 412. The lowest BCUT2D eigenvalue weighted by molar-refractivity contribution is 0.425. The smallest absolute Gasteiger partial charge is 0.267 e. The Balaban J connectivity index is 2.22. The van der Waals surface area contributed by atoms with Gasteiger partial charge < -0.3 is 9.88 Å². The Morgan fingerprint density at radius 2 is 2.12 bits per heavy atom. The van der Waals surface area contributed by atoms with E-state index in [1.54, 1.807) is 0 Å². The first-order valence-corrected chi connectivity index (χ1v) is 6.45. The number of nitrogens with one attached hydrogen (secondary N) is 1. The zero-order valence-corrected chi connectivity index (χ0v) is 11.0. The van der Waals surface area contributed by atoms with Crippen LogP contribution in [0.15, 0.2) is 15.6 Å². The fourth-order valence-corrected chi connectivity index (χ4v) is 2.76. The summed E-state index contributed by atoms with van der Waals surface area (Å²) in [6, 6.07) is 0.513. The Morgan fingerprint density at radius 3 is 2.81 bits per heavy atom. The standard InChI is InChI=1S/C11H16BrN3O/c1-15(8-5-3-2-4-6-8)10-9(12)11(16)14-7-13-10/h7-8H,2-6H2,1H3,(H,13,14,16). The summed E-state index contributed by atoms with van der Waals surface area (Å²) in [5.41, 5.74) is -0.118. The van der Waals surface area contributed by atoms with Gasteiger partial charge in [0.15, 0.2) is 0 Å². The predicted octanol–water partition coefficient (Wildman–Crippen LogP) is 2.30. The highest BCUT2D eigenvalue weighted by atomic mass is 79.9. The van der Waals surface area contributed by atoms with Gasteiger partial charge in [0.05, 0.1) is 6.33 Å². The monoisotopic (exact) mass is 285 g/mol. The molecule has 1 aliphatic carbocycles. The Kier molecular flexibility index (Phi) is 3.63. The second kappa shape index (κ2) is 4.99. The molecular formula is C11H16BrN3O. The first kappa shape index (κ1) is 11.6. The van der Waals surface area contributed by atoms with Crippen LogP contribution in [0.5, 0.6) is 0 Å². The molecule has 0 atom stereocenters. The van der Waals surface area contributed by atoms with Crippen LogP contribution in [0.2, 0.25) is 0 Å². The molecule has 1 fully saturated rings. The van der Waals surface area contributed by atoms with Crippen molar-refractivity contribution < 1.29 is 0 Å². The topological polar surface area (TPSA) is 49.0 Å². The predicted molar refractivity (Wildman–Crippen MR) is 67.8 cm³/mol. The van der Waals surface area contributed by atoms with Crippen LogP contribution in [0.1, 0.15) is 32.1 Å². The van der Waals surface area contributed by atoms with Crippen LogP contribution < -0.4 is 10.5 Å². The SMILES string of the molecule is CN(c1nc[nH]c(=O)c1Br)C1CCCCC1. The average molecular weight is 286 g/mol. The van der Waals surface area contributed by atoms with Crippen LogP contribution in [0, 0.1) is 0 Å². The van der Waals surface area contributed by atoms with Crippen LogP contribution in [0.3, 0.4) is 0 Å². The van der Waals surface area contributed by atoms with Gasteiger partial charge in [0, 0.05) is 13.1 Å². The Hall–Kier alpha value is -0.840. The summed E-state index contributed by atoms with van der Waals surface area (Å²) in [4.78, 5) is 20.4. The van der Waals surface area contributed by atoms with Crippen molar-refractivity contribution in [1.82, 2.24) is 9.97 Å². The largest absolute Gasteiger partial charge is 0.356 e. The molecule has 0 amide bonds. The van der Waals surface area contributed by atoms with Gasteiger partial charge in [-0.3, -0.25) is 4.79 Å². The molecule has 5 heteroatoms. The van der Waals surface area contributed by atoms with Crippen molar-refractivity contribution in [2.45, 2.75) is 38.1 Å². The fourth-order valence-electron chi connectivity index (χ4n) is 2.26. The maximum absolute atomic E-state index is 11.5. The van der Waals surface area contributed by atoms with Crippen molar-refractivity contribution in [3.8, 4) is 0 Å². The molecule has 0 spiro atoms. The van der Waals surface area contributed by atoms with Crippen molar-refractivity contribution in [3.05, 3.63) is 21.2 Å². The van der Waals surface area contributed by atoms with Gasteiger partial charge in [-0.15, -0.1) is 0 Å². The van der Waals surface area contributed by atoms with E-state index in [4.69, 9.17) is 0 Å². The van der Waals surface area contributed by atoms with Gasteiger partial charge in [0.2, 0.25) is 0 Å². The van der Waals surface area contributed by atoms with Gasteiger partial charge >= 0.3 is 0 Å². The lowest BCUT2D eigenvalue weighted by atomic mass is 9.94. The van der Waals surface area contributed by atoms with Gasteiger partial charge in [-0.2, -0.15) is 0 Å². The van der Waals surface area contributed by atoms with E-state index in [0.29, 0.717) is 10.5 Å². The molecule has 1 saturated carbocycles. The summed E-state index contributed by atoms with van der Waals surface area (Å²) >= 11 is 3.30. The third kappa shape index (κ3) is 2.29. The summed E-state index contributed by atoms with van der Waals surface area (Å²) in [6.45, 7) is 0. The van der Waals surface area contributed by atoms with Gasteiger partial charge in [-0.1, -0.05) is 19.3 Å². The zero-order valence-electron chi connectivity index (χ0n) is 9.37. The normalized spacial score (nSPS) is 17.4. The van der Waals surface area contributed by atoms with Crippen molar-refractivity contribution in [1.29, 1.82) is 0 Å². The molecule has 1 heterocycles. The van der Waals surface area contributed by atoms with E-state index in [0.717, 1.165) is 5.82 Å². The van der Waals surface area contributed by atoms with Gasteiger partial charge in [0.1, 0.15) is 10.3 Å². The second-order valence-electron chi connectivity index (χ2n) is 4.27. The van der Waals surface area contributed by atoms with Crippen LogP contribution in [-0.4, -0.2) is 23.1 Å². The fraction of sp³-hybridized carbons (Fsp3) is 0.636. The lowest BCUT2D eigenvalue weighted by Crippen LogP contribution is -2.35. The van der Waals surface area contributed by atoms with E-state index in [2.05, 4.69) is 30.8 Å². The zero-order chi connectivity index (χ0) is 11.5. The first-order valence-electron chi connectivity index (χ1n) is 5.66. The summed E-state index contributed by atoms with van der Waals surface area (Å²) in [5, 5.41) is 0. The van der Waals surface area contributed by atoms with Crippen molar-refractivity contribution in [2.24, 2.45) is 0 Å². The van der Waals surface area contributed by atoms with Gasteiger partial charge in [-0.25, -0.2) is 4.98 Å². The first-order chi connectivity index (χ1) is 7.70. The van der Waals surface area contributed by atoms with Gasteiger partial charge in [0.25, 0.3) is 5.56 Å². The second-order valence-corrected chi connectivity index (χ2v) is 5.06. The highest BCUT2D eigenvalue weighted by molar-refractivity contribution is 9.10. The van der Waals surface area contributed by atoms with Crippen LogP contribution in [0.4, 0.5) is 5.82 Å². The highest BCUT2D eigenvalue weighted by Crippen LogP contribution is 2.27. The van der Waals surface area contributed by atoms with Crippen molar-refractivity contribution >= 4 is 21.7 Å². The Morgan fingerprint density at radius 1 is 1.44 bits per heavy atom. The number of rotatable bonds is 2. The lowest BCUT2D eigenvalue weighted by Gasteiger charge is -2.32. The molecule has 0 unspecified atom stereocenters. The molecule has 0 aliphatic heterocycles. The summed E-state index contributed by atoms with van der Waals surface area (Å²) in [7, 11) is 2.02. The number of halogens is 1. The van der Waals surface area contributed by atoms with E-state index < -0.39 is 0 Å².